The smallest absolute Gasteiger partial charge is 0.165 e. The molecule has 3 nitrogen and oxygen atoms in total. The summed E-state index contributed by atoms with van der Waals surface area (Å²) in [6.07, 6.45) is 2.08. The van der Waals surface area contributed by atoms with E-state index in [0.29, 0.717) is 23.0 Å². The van der Waals surface area contributed by atoms with Crippen molar-refractivity contribution in [2.24, 2.45) is 0 Å². The number of ether oxygens (including phenoxy) is 1. The van der Waals surface area contributed by atoms with Crippen molar-refractivity contribution in [3.63, 3.8) is 0 Å². The summed E-state index contributed by atoms with van der Waals surface area (Å²) in [4.78, 5) is 1.72. The van der Waals surface area contributed by atoms with Gasteiger partial charge >= 0.3 is 0 Å². The fraction of sp³-hybridized carbons (Fsp3) is 0.357. The molecule has 0 bridgehead atoms. The van der Waals surface area contributed by atoms with Gasteiger partial charge in [-0.2, -0.15) is 0 Å². The first-order valence-corrected chi connectivity index (χ1v) is 7.49. The fourth-order valence-electron chi connectivity index (χ4n) is 2.11. The van der Waals surface area contributed by atoms with Gasteiger partial charge in [-0.15, -0.1) is 6.58 Å². The number of hydrogen-bond donors (Lipinski definition) is 1. The van der Waals surface area contributed by atoms with Crippen molar-refractivity contribution in [1.82, 2.24) is 4.90 Å². The summed E-state index contributed by atoms with van der Waals surface area (Å²) >= 11 is 6.68. The topological polar surface area (TPSA) is 32.7 Å². The SMILES string of the molecule is C=CCC1(O)CSC(=S)N1Cc1ccc(OC)c(F)c1. The predicted molar refractivity (Wildman–Crippen MR) is 83.3 cm³/mol. The Morgan fingerprint density at radius 2 is 2.40 bits per heavy atom. The average Bonchev–Trinajstić information content (AvgIpc) is 2.68. The van der Waals surface area contributed by atoms with Crippen LogP contribution < -0.4 is 4.74 Å². The van der Waals surface area contributed by atoms with Crippen LogP contribution in [0.3, 0.4) is 0 Å². The van der Waals surface area contributed by atoms with E-state index in [2.05, 4.69) is 6.58 Å². The van der Waals surface area contributed by atoms with Crippen molar-refractivity contribution in [3.05, 3.63) is 42.2 Å². The molecule has 1 aliphatic rings. The lowest BCUT2D eigenvalue weighted by Gasteiger charge is -2.33. The van der Waals surface area contributed by atoms with Crippen molar-refractivity contribution in [2.75, 3.05) is 12.9 Å². The number of hydrogen-bond acceptors (Lipinski definition) is 4. The van der Waals surface area contributed by atoms with Gasteiger partial charge in [0, 0.05) is 18.7 Å². The van der Waals surface area contributed by atoms with Crippen LogP contribution in [0.1, 0.15) is 12.0 Å². The third-order valence-electron chi connectivity index (χ3n) is 3.18. The summed E-state index contributed by atoms with van der Waals surface area (Å²) in [6.45, 7) is 4.02. The van der Waals surface area contributed by atoms with Crippen LogP contribution in [0.4, 0.5) is 4.39 Å². The monoisotopic (exact) mass is 313 g/mol. The van der Waals surface area contributed by atoms with Gasteiger partial charge in [-0.25, -0.2) is 4.39 Å². The molecule has 108 valence electrons. The van der Waals surface area contributed by atoms with Gasteiger partial charge in [-0.1, -0.05) is 36.1 Å². The van der Waals surface area contributed by atoms with Crippen LogP contribution in [0.5, 0.6) is 5.75 Å². The Bertz CT molecular complexity index is 538. The highest BCUT2D eigenvalue weighted by atomic mass is 32.2. The van der Waals surface area contributed by atoms with Gasteiger partial charge < -0.3 is 14.7 Å². The molecule has 0 aliphatic carbocycles. The molecule has 1 aliphatic heterocycles. The third-order valence-corrected chi connectivity index (χ3v) is 4.83. The second-order valence-electron chi connectivity index (χ2n) is 4.58. The molecule has 1 aromatic rings. The van der Waals surface area contributed by atoms with E-state index in [-0.39, 0.29) is 5.75 Å². The lowest BCUT2D eigenvalue weighted by Crippen LogP contribution is -2.46. The molecular formula is C14H16FNO2S2. The molecule has 6 heteroatoms. The summed E-state index contributed by atoms with van der Waals surface area (Å²) < 4.78 is 19.2. The standard InChI is InChI=1S/C14H16FNO2S2/c1-3-6-14(17)9-20-13(19)16(14)8-10-4-5-12(18-2)11(15)7-10/h3-5,7,17H,1,6,8-9H2,2H3. The maximum Gasteiger partial charge on any atom is 0.165 e. The molecule has 1 unspecified atom stereocenters. The van der Waals surface area contributed by atoms with Crippen LogP contribution >= 0.6 is 24.0 Å². The van der Waals surface area contributed by atoms with Crippen molar-refractivity contribution in [2.45, 2.75) is 18.7 Å². The molecule has 0 aromatic heterocycles. The Morgan fingerprint density at radius 1 is 1.65 bits per heavy atom. The van der Waals surface area contributed by atoms with Crippen molar-refractivity contribution in [3.8, 4) is 5.75 Å². The van der Waals surface area contributed by atoms with E-state index in [1.165, 1.54) is 24.9 Å². The number of methoxy groups -OCH3 is 1. The Labute approximate surface area is 127 Å². The van der Waals surface area contributed by atoms with E-state index < -0.39 is 11.5 Å². The highest BCUT2D eigenvalue weighted by molar-refractivity contribution is 8.23. The molecule has 1 atom stereocenters. The van der Waals surface area contributed by atoms with Gasteiger partial charge in [0.05, 0.1) is 7.11 Å². The molecule has 0 spiro atoms. The largest absolute Gasteiger partial charge is 0.494 e. The molecule has 1 fully saturated rings. The quantitative estimate of drug-likeness (QED) is 0.667. The Morgan fingerprint density at radius 3 is 3.00 bits per heavy atom. The third kappa shape index (κ3) is 2.97. The van der Waals surface area contributed by atoms with Crippen molar-refractivity contribution < 1.29 is 14.2 Å². The van der Waals surface area contributed by atoms with Crippen LogP contribution in [0.25, 0.3) is 0 Å². The van der Waals surface area contributed by atoms with Gasteiger partial charge in [0.2, 0.25) is 0 Å². The van der Waals surface area contributed by atoms with Crippen LogP contribution in [0.2, 0.25) is 0 Å². The zero-order chi connectivity index (χ0) is 14.8. The van der Waals surface area contributed by atoms with E-state index in [0.717, 1.165) is 5.56 Å². The van der Waals surface area contributed by atoms with E-state index in [1.807, 2.05) is 0 Å². The minimum Gasteiger partial charge on any atom is -0.494 e. The van der Waals surface area contributed by atoms with Gasteiger partial charge in [0.25, 0.3) is 0 Å². The summed E-state index contributed by atoms with van der Waals surface area (Å²) in [5.41, 5.74) is -0.310. The first kappa shape index (κ1) is 15.3. The number of thiocarbonyl (C=S) groups is 1. The highest BCUT2D eigenvalue weighted by Gasteiger charge is 2.41. The maximum absolute atomic E-state index is 13.7. The molecule has 1 heterocycles. The van der Waals surface area contributed by atoms with Crippen LogP contribution in [0.15, 0.2) is 30.9 Å². The number of halogens is 1. The zero-order valence-electron chi connectivity index (χ0n) is 11.1. The Hall–Kier alpha value is -1.11. The molecule has 0 radical (unpaired) electrons. The molecular weight excluding hydrogens is 297 g/mol. The van der Waals surface area contributed by atoms with E-state index in [1.54, 1.807) is 23.1 Å². The molecule has 1 saturated heterocycles. The van der Waals surface area contributed by atoms with Gasteiger partial charge in [0.15, 0.2) is 17.3 Å². The van der Waals surface area contributed by atoms with Crippen molar-refractivity contribution >= 4 is 28.3 Å². The lowest BCUT2D eigenvalue weighted by molar-refractivity contribution is -0.0417. The summed E-state index contributed by atoms with van der Waals surface area (Å²) in [5, 5.41) is 10.6. The summed E-state index contributed by atoms with van der Waals surface area (Å²) in [6, 6.07) is 4.74. The molecule has 0 saturated carbocycles. The molecule has 1 N–H and O–H groups in total. The molecule has 20 heavy (non-hydrogen) atoms. The van der Waals surface area contributed by atoms with Gasteiger partial charge in [-0.05, 0) is 17.7 Å². The number of benzene rings is 1. The van der Waals surface area contributed by atoms with E-state index >= 15 is 0 Å². The number of aliphatic hydroxyl groups is 1. The lowest BCUT2D eigenvalue weighted by atomic mass is 10.1. The van der Waals surface area contributed by atoms with Gasteiger partial charge in [0.1, 0.15) is 4.32 Å². The number of nitrogens with zero attached hydrogens (tertiary/aromatic N) is 1. The average molecular weight is 313 g/mol. The van der Waals surface area contributed by atoms with Crippen molar-refractivity contribution in [1.29, 1.82) is 0 Å². The van der Waals surface area contributed by atoms with Crippen LogP contribution in [-0.4, -0.2) is 32.9 Å². The molecule has 0 amide bonds. The summed E-state index contributed by atoms with van der Waals surface area (Å²) in [5.74, 6) is 0.278. The minimum absolute atomic E-state index is 0.202. The number of thioether (sulfide) groups is 1. The molecule has 1 aromatic carbocycles. The van der Waals surface area contributed by atoms with Crippen LogP contribution in [0, 0.1) is 5.82 Å². The predicted octanol–water partition coefficient (Wildman–Crippen LogP) is 2.93. The second kappa shape index (κ2) is 6.11. The number of rotatable bonds is 5. The molecule has 2 rings (SSSR count). The normalized spacial score (nSPS) is 22.1. The highest BCUT2D eigenvalue weighted by Crippen LogP contribution is 2.35. The Kier molecular flexibility index (Phi) is 4.67. The van der Waals surface area contributed by atoms with E-state index in [4.69, 9.17) is 17.0 Å². The second-order valence-corrected chi connectivity index (χ2v) is 6.19. The Balaban J connectivity index is 2.21. The van der Waals surface area contributed by atoms with E-state index in [9.17, 15) is 9.50 Å². The van der Waals surface area contributed by atoms with Gasteiger partial charge in [-0.3, -0.25) is 0 Å². The summed E-state index contributed by atoms with van der Waals surface area (Å²) in [7, 11) is 1.42. The van der Waals surface area contributed by atoms with Crippen LogP contribution in [-0.2, 0) is 6.54 Å². The first-order valence-electron chi connectivity index (χ1n) is 6.10. The first-order chi connectivity index (χ1) is 9.50. The minimum atomic E-state index is -1.04. The maximum atomic E-state index is 13.7. The fourth-order valence-corrected chi connectivity index (χ4v) is 3.54. The zero-order valence-corrected chi connectivity index (χ0v) is 12.8.